The van der Waals surface area contributed by atoms with Crippen molar-refractivity contribution < 1.29 is 14.6 Å². The minimum Gasteiger partial charge on any atom is -0.481 e. The van der Waals surface area contributed by atoms with E-state index in [1.807, 2.05) is 0 Å². The average Bonchev–Trinajstić information content (AvgIpc) is 2.94. The molecule has 0 spiro atoms. The van der Waals surface area contributed by atoms with Gasteiger partial charge in [0.25, 0.3) is 0 Å². The first-order chi connectivity index (χ1) is 7.53. The molecule has 0 aromatic carbocycles. The van der Waals surface area contributed by atoms with E-state index >= 15 is 0 Å². The Labute approximate surface area is 97.6 Å². The van der Waals surface area contributed by atoms with Gasteiger partial charge in [0.1, 0.15) is 0 Å². The molecule has 1 N–H and O–H groups in total. The number of hydrogen-bond acceptors (Lipinski definition) is 3. The summed E-state index contributed by atoms with van der Waals surface area (Å²) < 4.78 is 5.14. The maximum atomic E-state index is 10.8. The van der Waals surface area contributed by atoms with Crippen molar-refractivity contribution in [3.8, 4) is 0 Å². The van der Waals surface area contributed by atoms with E-state index < -0.39 is 5.97 Å². The number of aliphatic carboxylic acids is 1. The highest BCUT2D eigenvalue weighted by molar-refractivity contribution is 5.68. The lowest BCUT2D eigenvalue weighted by molar-refractivity contribution is -0.138. The highest BCUT2D eigenvalue weighted by Crippen LogP contribution is 2.49. The molecule has 1 saturated carbocycles. The van der Waals surface area contributed by atoms with Crippen molar-refractivity contribution in [1.82, 2.24) is 4.90 Å². The fourth-order valence-corrected chi connectivity index (χ4v) is 2.25. The first-order valence-corrected chi connectivity index (χ1v) is 5.98. The topological polar surface area (TPSA) is 49.8 Å². The summed E-state index contributed by atoms with van der Waals surface area (Å²) in [5.74, 6) is -0.673. The molecule has 1 aliphatic rings. The Kier molecular flexibility index (Phi) is 4.74. The maximum absolute atomic E-state index is 10.8. The highest BCUT2D eigenvalue weighted by atomic mass is 16.5. The van der Waals surface area contributed by atoms with Crippen LogP contribution in [0.15, 0.2) is 0 Å². The Morgan fingerprint density at radius 1 is 1.56 bits per heavy atom. The molecule has 16 heavy (non-hydrogen) atoms. The molecule has 4 nitrogen and oxygen atoms in total. The summed E-state index contributed by atoms with van der Waals surface area (Å²) in [5, 5.41) is 8.87. The molecule has 1 unspecified atom stereocenters. The molecular formula is C12H23NO3. The lowest BCUT2D eigenvalue weighted by atomic mass is 10.0. The quantitative estimate of drug-likeness (QED) is 0.687. The van der Waals surface area contributed by atoms with Crippen LogP contribution in [-0.4, -0.2) is 48.8 Å². The van der Waals surface area contributed by atoms with Crippen molar-refractivity contribution in [2.45, 2.75) is 39.2 Å². The number of ether oxygens (including phenoxy) is 1. The summed E-state index contributed by atoms with van der Waals surface area (Å²) in [7, 11) is 1.70. The van der Waals surface area contributed by atoms with Crippen LogP contribution in [0.1, 0.15) is 33.1 Å². The van der Waals surface area contributed by atoms with E-state index in [1.54, 1.807) is 7.11 Å². The van der Waals surface area contributed by atoms with Gasteiger partial charge < -0.3 is 9.84 Å². The fourth-order valence-electron chi connectivity index (χ4n) is 2.25. The maximum Gasteiger partial charge on any atom is 0.303 e. The van der Waals surface area contributed by atoms with Gasteiger partial charge in [-0.05, 0) is 31.7 Å². The van der Waals surface area contributed by atoms with E-state index in [0.29, 0.717) is 19.1 Å². The third-order valence-corrected chi connectivity index (χ3v) is 3.46. The Morgan fingerprint density at radius 3 is 2.56 bits per heavy atom. The smallest absolute Gasteiger partial charge is 0.303 e. The van der Waals surface area contributed by atoms with Crippen LogP contribution < -0.4 is 0 Å². The SMILES string of the molecule is CCN(CC1(CC(=O)O)CC1)C(C)COC. The lowest BCUT2D eigenvalue weighted by Crippen LogP contribution is -2.40. The summed E-state index contributed by atoms with van der Waals surface area (Å²) >= 11 is 0. The van der Waals surface area contributed by atoms with E-state index in [0.717, 1.165) is 25.9 Å². The summed E-state index contributed by atoms with van der Waals surface area (Å²) in [6, 6.07) is 0.362. The van der Waals surface area contributed by atoms with E-state index in [-0.39, 0.29) is 5.41 Å². The fraction of sp³-hybridized carbons (Fsp3) is 0.917. The summed E-state index contributed by atoms with van der Waals surface area (Å²) in [5.41, 5.74) is 0.0455. The van der Waals surface area contributed by atoms with Crippen LogP contribution in [-0.2, 0) is 9.53 Å². The van der Waals surface area contributed by atoms with E-state index in [2.05, 4.69) is 18.7 Å². The number of rotatable bonds is 8. The zero-order valence-corrected chi connectivity index (χ0v) is 10.5. The Morgan fingerprint density at radius 2 is 2.19 bits per heavy atom. The summed E-state index contributed by atoms with van der Waals surface area (Å²) in [6.07, 6.45) is 2.41. The van der Waals surface area contributed by atoms with Gasteiger partial charge in [0, 0.05) is 19.7 Å². The van der Waals surface area contributed by atoms with Crippen molar-refractivity contribution in [3.63, 3.8) is 0 Å². The number of carbonyl (C=O) groups is 1. The van der Waals surface area contributed by atoms with E-state index in [9.17, 15) is 4.79 Å². The first kappa shape index (κ1) is 13.5. The molecule has 94 valence electrons. The summed E-state index contributed by atoms with van der Waals surface area (Å²) in [6.45, 7) is 6.79. The monoisotopic (exact) mass is 229 g/mol. The summed E-state index contributed by atoms with van der Waals surface area (Å²) in [4.78, 5) is 13.1. The molecule has 1 aliphatic carbocycles. The minimum absolute atomic E-state index is 0.0455. The van der Waals surface area contributed by atoms with Crippen LogP contribution >= 0.6 is 0 Å². The number of nitrogens with zero attached hydrogens (tertiary/aromatic N) is 1. The first-order valence-electron chi connectivity index (χ1n) is 5.98. The van der Waals surface area contributed by atoms with Gasteiger partial charge in [-0.1, -0.05) is 6.92 Å². The molecule has 1 fully saturated rings. The van der Waals surface area contributed by atoms with E-state index in [4.69, 9.17) is 9.84 Å². The van der Waals surface area contributed by atoms with Crippen molar-refractivity contribution in [2.75, 3.05) is 26.8 Å². The zero-order chi connectivity index (χ0) is 12.2. The number of methoxy groups -OCH3 is 1. The minimum atomic E-state index is -0.673. The Balaban J connectivity index is 2.46. The van der Waals surface area contributed by atoms with Crippen molar-refractivity contribution >= 4 is 5.97 Å². The van der Waals surface area contributed by atoms with Crippen LogP contribution in [0.2, 0.25) is 0 Å². The largest absolute Gasteiger partial charge is 0.481 e. The zero-order valence-electron chi connectivity index (χ0n) is 10.5. The van der Waals surface area contributed by atoms with Crippen LogP contribution in [0.4, 0.5) is 0 Å². The third kappa shape index (κ3) is 3.76. The molecule has 0 saturated heterocycles. The predicted octanol–water partition coefficient (Wildman–Crippen LogP) is 1.60. The van der Waals surface area contributed by atoms with Gasteiger partial charge in [0.2, 0.25) is 0 Å². The van der Waals surface area contributed by atoms with Gasteiger partial charge in [-0.25, -0.2) is 0 Å². The number of carboxylic acid groups (broad SMARTS) is 1. The number of hydrogen-bond donors (Lipinski definition) is 1. The molecule has 0 aromatic heterocycles. The molecule has 0 radical (unpaired) electrons. The third-order valence-electron chi connectivity index (χ3n) is 3.46. The predicted molar refractivity (Wildman–Crippen MR) is 62.5 cm³/mol. The van der Waals surface area contributed by atoms with Crippen LogP contribution in [0.25, 0.3) is 0 Å². The average molecular weight is 229 g/mol. The van der Waals surface area contributed by atoms with Crippen molar-refractivity contribution in [3.05, 3.63) is 0 Å². The molecule has 0 bridgehead atoms. The lowest BCUT2D eigenvalue weighted by Gasteiger charge is -2.30. The molecule has 0 aliphatic heterocycles. The van der Waals surface area contributed by atoms with Crippen molar-refractivity contribution in [1.29, 1.82) is 0 Å². The molecular weight excluding hydrogens is 206 g/mol. The number of likely N-dealkylation sites (N-methyl/N-ethyl adjacent to an activating group) is 1. The second-order valence-electron chi connectivity index (χ2n) is 4.94. The standard InChI is InChI=1S/C12H23NO3/c1-4-13(10(2)8-16-3)9-12(5-6-12)7-11(14)15/h10H,4-9H2,1-3H3,(H,14,15). The Hall–Kier alpha value is -0.610. The molecule has 0 aromatic rings. The van der Waals surface area contributed by atoms with Gasteiger partial charge in [-0.3, -0.25) is 9.69 Å². The molecule has 1 atom stereocenters. The molecule has 4 heteroatoms. The van der Waals surface area contributed by atoms with E-state index in [1.165, 1.54) is 0 Å². The van der Waals surface area contributed by atoms with Crippen LogP contribution in [0, 0.1) is 5.41 Å². The second-order valence-corrected chi connectivity index (χ2v) is 4.94. The van der Waals surface area contributed by atoms with Crippen LogP contribution in [0.5, 0.6) is 0 Å². The second kappa shape index (κ2) is 5.64. The molecule has 0 heterocycles. The Bertz CT molecular complexity index is 238. The van der Waals surface area contributed by atoms with Gasteiger partial charge in [-0.2, -0.15) is 0 Å². The molecule has 0 amide bonds. The van der Waals surface area contributed by atoms with Gasteiger partial charge in [0.15, 0.2) is 0 Å². The van der Waals surface area contributed by atoms with Crippen LogP contribution in [0.3, 0.4) is 0 Å². The van der Waals surface area contributed by atoms with Crippen molar-refractivity contribution in [2.24, 2.45) is 5.41 Å². The highest BCUT2D eigenvalue weighted by Gasteiger charge is 2.45. The molecule has 1 rings (SSSR count). The van der Waals surface area contributed by atoms with Gasteiger partial charge in [0.05, 0.1) is 13.0 Å². The van der Waals surface area contributed by atoms with Gasteiger partial charge in [-0.15, -0.1) is 0 Å². The number of carboxylic acids is 1. The van der Waals surface area contributed by atoms with Gasteiger partial charge >= 0.3 is 5.97 Å². The normalized spacial score (nSPS) is 19.8.